The number of benzene rings is 3. The Labute approximate surface area is 215 Å². The number of halogens is 1. The quantitative estimate of drug-likeness (QED) is 0.391. The smallest absolute Gasteiger partial charge is 0.304 e. The average Bonchev–Trinajstić information content (AvgIpc) is 2.99. The second-order valence-electron chi connectivity index (χ2n) is 8.44. The van der Waals surface area contributed by atoms with E-state index < -0.39 is 21.9 Å². The maximum absolute atomic E-state index is 13.4. The van der Waals surface area contributed by atoms with Crippen LogP contribution in [0.1, 0.15) is 29.0 Å². The van der Waals surface area contributed by atoms with Crippen molar-refractivity contribution < 1.29 is 23.1 Å². The molecule has 0 aromatic heterocycles. The van der Waals surface area contributed by atoms with Gasteiger partial charge < -0.3 is 20.5 Å². The van der Waals surface area contributed by atoms with E-state index in [1.54, 1.807) is 43.4 Å². The number of anilines is 2. The van der Waals surface area contributed by atoms with Crippen molar-refractivity contribution in [3.8, 4) is 5.75 Å². The van der Waals surface area contributed by atoms with Crippen molar-refractivity contribution in [1.29, 1.82) is 0 Å². The Balaban J connectivity index is 1.71. The highest BCUT2D eigenvalue weighted by Gasteiger charge is 2.31. The molecule has 0 spiro atoms. The number of hydrogen-bond acceptors (Lipinski definition) is 6. The van der Waals surface area contributed by atoms with Crippen molar-refractivity contribution in [3.63, 3.8) is 0 Å². The third-order valence-electron chi connectivity index (χ3n) is 6.25. The van der Waals surface area contributed by atoms with Gasteiger partial charge in [-0.3, -0.25) is 4.79 Å². The Morgan fingerprint density at radius 3 is 2.47 bits per heavy atom. The number of carbonyl (C=O) groups is 1. The summed E-state index contributed by atoms with van der Waals surface area (Å²) >= 11 is 6.51. The number of fused-ring (bicyclic) bond motifs is 1. The first-order valence-electron chi connectivity index (χ1n) is 11.5. The number of nitrogens with zero attached hydrogens (tertiary/aromatic N) is 1. The van der Waals surface area contributed by atoms with E-state index in [9.17, 15) is 18.3 Å². The minimum Gasteiger partial charge on any atom is -0.491 e. The number of carboxylic acids is 1. The Kier molecular flexibility index (Phi) is 7.73. The first-order chi connectivity index (χ1) is 17.2. The van der Waals surface area contributed by atoms with Crippen LogP contribution in [0.4, 0.5) is 11.4 Å². The highest BCUT2D eigenvalue weighted by Crippen LogP contribution is 2.36. The summed E-state index contributed by atoms with van der Waals surface area (Å²) in [6, 6.07) is 17.5. The van der Waals surface area contributed by atoms with Gasteiger partial charge in [-0.15, -0.1) is 0 Å². The van der Waals surface area contributed by atoms with E-state index in [0.717, 1.165) is 22.5 Å². The Morgan fingerprint density at radius 2 is 1.75 bits per heavy atom. The molecular weight excluding hydrogens is 502 g/mol. The van der Waals surface area contributed by atoms with Gasteiger partial charge in [0, 0.05) is 38.1 Å². The number of nitrogens with one attached hydrogen (secondary N) is 2. The zero-order valence-corrected chi connectivity index (χ0v) is 21.6. The van der Waals surface area contributed by atoms with Crippen LogP contribution < -0.4 is 15.4 Å². The van der Waals surface area contributed by atoms with Crippen molar-refractivity contribution in [2.75, 3.05) is 37.9 Å². The summed E-state index contributed by atoms with van der Waals surface area (Å²) in [6.45, 7) is 0.403. The topological polar surface area (TPSA) is 108 Å². The molecule has 8 nitrogen and oxygen atoms in total. The molecule has 1 atom stereocenters. The van der Waals surface area contributed by atoms with E-state index in [1.807, 2.05) is 25.2 Å². The normalized spacial score (nSPS) is 15.8. The van der Waals surface area contributed by atoms with Gasteiger partial charge in [-0.25, -0.2) is 8.42 Å². The zero-order chi connectivity index (χ0) is 25.9. The maximum Gasteiger partial charge on any atom is 0.304 e. The summed E-state index contributed by atoms with van der Waals surface area (Å²) in [5.41, 5.74) is 3.88. The number of hydrogen-bond donors (Lipinski definition) is 3. The van der Waals surface area contributed by atoms with Crippen LogP contribution in [0.15, 0.2) is 65.6 Å². The molecule has 36 heavy (non-hydrogen) atoms. The Morgan fingerprint density at radius 1 is 1.06 bits per heavy atom. The third-order valence-corrected chi connectivity index (χ3v) is 8.50. The van der Waals surface area contributed by atoms with Crippen molar-refractivity contribution in [2.24, 2.45) is 0 Å². The molecule has 0 bridgehead atoms. The lowest BCUT2D eigenvalue weighted by molar-refractivity contribution is -0.137. The van der Waals surface area contributed by atoms with Gasteiger partial charge in [0.25, 0.3) is 0 Å². The summed E-state index contributed by atoms with van der Waals surface area (Å²) in [7, 11) is -0.197. The van der Waals surface area contributed by atoms with Crippen LogP contribution in [0.25, 0.3) is 0 Å². The fraction of sp³-hybridized carbons (Fsp3) is 0.269. The second kappa shape index (κ2) is 10.8. The molecule has 0 saturated heterocycles. The van der Waals surface area contributed by atoms with Crippen LogP contribution in [-0.2, 0) is 21.4 Å². The van der Waals surface area contributed by atoms with E-state index in [-0.39, 0.29) is 31.0 Å². The standard InChI is InChI=1S/C26H28ClN3O5S/c1-28-22-10-8-18(14-23(22)29-2)20(15-26(31)32)17-7-9-21(27)19(13-17)16-30-11-12-35-24-5-3-4-6-25(24)36(30,33)34/h3-10,13-14,20,28-29H,11-12,15-16H2,1-2H3,(H,31,32). The minimum atomic E-state index is -3.81. The van der Waals surface area contributed by atoms with Gasteiger partial charge in [-0.1, -0.05) is 41.9 Å². The van der Waals surface area contributed by atoms with E-state index in [2.05, 4.69) is 10.6 Å². The lowest BCUT2D eigenvalue weighted by Crippen LogP contribution is -2.32. The SMILES string of the molecule is CNc1ccc(C(CC(=O)O)c2ccc(Cl)c(CN3CCOc4ccccc4S3(=O)=O)c2)cc1NC. The van der Waals surface area contributed by atoms with E-state index >= 15 is 0 Å². The first kappa shape index (κ1) is 25.8. The van der Waals surface area contributed by atoms with Crippen LogP contribution in [0.5, 0.6) is 5.75 Å². The number of sulfonamides is 1. The molecule has 3 aromatic rings. The zero-order valence-electron chi connectivity index (χ0n) is 20.0. The molecule has 3 N–H and O–H groups in total. The summed E-state index contributed by atoms with van der Waals surface area (Å²) in [6.07, 6.45) is -0.133. The molecule has 1 aliphatic heterocycles. The van der Waals surface area contributed by atoms with Crippen LogP contribution in [-0.4, -0.2) is 51.0 Å². The van der Waals surface area contributed by atoms with Crippen molar-refractivity contribution in [3.05, 3.63) is 82.4 Å². The van der Waals surface area contributed by atoms with Gasteiger partial charge in [0.05, 0.1) is 17.8 Å². The van der Waals surface area contributed by atoms with Gasteiger partial charge in [0.15, 0.2) is 0 Å². The molecule has 4 rings (SSSR count). The number of rotatable bonds is 8. The summed E-state index contributed by atoms with van der Waals surface area (Å²) < 4.78 is 33.7. The molecule has 0 aliphatic carbocycles. The molecule has 1 heterocycles. The van der Waals surface area contributed by atoms with Crippen LogP contribution in [0, 0.1) is 0 Å². The minimum absolute atomic E-state index is 0.0347. The van der Waals surface area contributed by atoms with Gasteiger partial charge in [-0.2, -0.15) is 4.31 Å². The van der Waals surface area contributed by atoms with E-state index in [1.165, 1.54) is 10.4 Å². The molecule has 190 valence electrons. The van der Waals surface area contributed by atoms with Gasteiger partial charge in [-0.05, 0) is 47.0 Å². The fourth-order valence-corrected chi connectivity index (χ4v) is 6.10. The maximum atomic E-state index is 13.4. The van der Waals surface area contributed by atoms with Crippen LogP contribution >= 0.6 is 11.6 Å². The molecule has 0 saturated carbocycles. The molecule has 3 aromatic carbocycles. The van der Waals surface area contributed by atoms with Crippen LogP contribution in [0.3, 0.4) is 0 Å². The number of ether oxygens (including phenoxy) is 1. The van der Waals surface area contributed by atoms with Gasteiger partial charge in [0.1, 0.15) is 17.3 Å². The molecule has 0 fully saturated rings. The summed E-state index contributed by atoms with van der Waals surface area (Å²) in [5, 5.41) is 16.3. The van der Waals surface area contributed by atoms with Gasteiger partial charge in [0.2, 0.25) is 10.0 Å². The van der Waals surface area contributed by atoms with Crippen LogP contribution in [0.2, 0.25) is 5.02 Å². The summed E-state index contributed by atoms with van der Waals surface area (Å²) in [5.74, 6) is -1.07. The lowest BCUT2D eigenvalue weighted by atomic mass is 9.87. The molecule has 0 radical (unpaired) electrons. The highest BCUT2D eigenvalue weighted by molar-refractivity contribution is 7.89. The van der Waals surface area contributed by atoms with E-state index in [0.29, 0.717) is 16.3 Å². The molecular formula is C26H28ClN3O5S. The number of aliphatic carboxylic acids is 1. The van der Waals surface area contributed by atoms with E-state index in [4.69, 9.17) is 16.3 Å². The van der Waals surface area contributed by atoms with Gasteiger partial charge >= 0.3 is 5.97 Å². The van der Waals surface area contributed by atoms with Crippen molar-refractivity contribution in [1.82, 2.24) is 4.31 Å². The third kappa shape index (κ3) is 5.28. The largest absolute Gasteiger partial charge is 0.491 e. The fourth-order valence-electron chi connectivity index (χ4n) is 4.39. The first-order valence-corrected chi connectivity index (χ1v) is 13.3. The number of carboxylic acid groups (broad SMARTS) is 1. The Hall–Kier alpha value is -3.27. The Bertz CT molecular complexity index is 1380. The predicted molar refractivity (Wildman–Crippen MR) is 141 cm³/mol. The molecule has 10 heteroatoms. The second-order valence-corrected chi connectivity index (χ2v) is 10.8. The number of para-hydroxylation sites is 1. The molecule has 1 aliphatic rings. The lowest BCUT2D eigenvalue weighted by Gasteiger charge is -2.22. The van der Waals surface area contributed by atoms with Crippen molar-refractivity contribution in [2.45, 2.75) is 23.8 Å². The summed E-state index contributed by atoms with van der Waals surface area (Å²) in [4.78, 5) is 11.9. The average molecular weight is 530 g/mol. The highest BCUT2D eigenvalue weighted by atomic mass is 35.5. The molecule has 1 unspecified atom stereocenters. The monoisotopic (exact) mass is 529 g/mol. The molecule has 0 amide bonds. The van der Waals surface area contributed by atoms with Crippen molar-refractivity contribution >= 4 is 39.0 Å². The predicted octanol–water partition coefficient (Wildman–Crippen LogP) is 4.61.